The number of rotatable bonds is 8. The molecule has 0 spiro atoms. The second kappa shape index (κ2) is 9.19. The van der Waals surface area contributed by atoms with Crippen molar-refractivity contribution in [1.82, 2.24) is 10.3 Å². The summed E-state index contributed by atoms with van der Waals surface area (Å²) >= 11 is 1.56. The fraction of sp³-hybridized carbons (Fsp3) is 0.238. The summed E-state index contributed by atoms with van der Waals surface area (Å²) in [6.07, 6.45) is 1.02. The SMILES string of the molecule is COc1ccc(CNC(=O)CCc2csc(-c3ccccc3OC)n2)cc1. The summed E-state index contributed by atoms with van der Waals surface area (Å²) < 4.78 is 10.5. The molecule has 1 aromatic heterocycles. The summed E-state index contributed by atoms with van der Waals surface area (Å²) in [5.41, 5.74) is 2.93. The number of aromatic nitrogens is 1. The average Bonchev–Trinajstić information content (AvgIpc) is 3.20. The third-order valence-electron chi connectivity index (χ3n) is 4.15. The Morgan fingerprint density at radius 2 is 1.85 bits per heavy atom. The van der Waals surface area contributed by atoms with Crippen molar-refractivity contribution in [2.45, 2.75) is 19.4 Å². The molecule has 0 saturated heterocycles. The number of thiazole rings is 1. The van der Waals surface area contributed by atoms with Crippen LogP contribution in [0.5, 0.6) is 11.5 Å². The van der Waals surface area contributed by atoms with Crippen LogP contribution in [0.4, 0.5) is 0 Å². The predicted molar refractivity (Wildman–Crippen MR) is 107 cm³/mol. The number of carbonyl (C=O) groups excluding carboxylic acids is 1. The van der Waals surface area contributed by atoms with Crippen molar-refractivity contribution >= 4 is 17.2 Å². The topological polar surface area (TPSA) is 60.5 Å². The molecule has 140 valence electrons. The van der Waals surface area contributed by atoms with E-state index in [0.717, 1.165) is 33.3 Å². The molecule has 3 aromatic rings. The molecule has 6 heteroatoms. The highest BCUT2D eigenvalue weighted by molar-refractivity contribution is 7.13. The third-order valence-corrected chi connectivity index (χ3v) is 5.07. The Balaban J connectivity index is 1.51. The Bertz CT molecular complexity index is 890. The normalized spacial score (nSPS) is 10.4. The lowest BCUT2D eigenvalue weighted by Crippen LogP contribution is -2.23. The van der Waals surface area contributed by atoms with Gasteiger partial charge in [-0.05, 0) is 36.2 Å². The lowest BCUT2D eigenvalue weighted by atomic mass is 10.2. The Hall–Kier alpha value is -2.86. The summed E-state index contributed by atoms with van der Waals surface area (Å²) in [4.78, 5) is 16.8. The van der Waals surface area contributed by atoms with Gasteiger partial charge in [-0.2, -0.15) is 0 Å². The van der Waals surface area contributed by atoms with Crippen molar-refractivity contribution in [1.29, 1.82) is 0 Å². The fourth-order valence-corrected chi connectivity index (χ4v) is 3.52. The zero-order valence-corrected chi connectivity index (χ0v) is 16.2. The van der Waals surface area contributed by atoms with E-state index in [1.165, 1.54) is 0 Å². The molecule has 0 unspecified atom stereocenters. The molecule has 0 saturated carbocycles. The fourth-order valence-electron chi connectivity index (χ4n) is 2.64. The molecule has 0 aliphatic rings. The van der Waals surface area contributed by atoms with Gasteiger partial charge in [-0.25, -0.2) is 4.98 Å². The maximum absolute atomic E-state index is 12.1. The highest BCUT2D eigenvalue weighted by Crippen LogP contribution is 2.32. The predicted octanol–water partition coefficient (Wildman–Crippen LogP) is 4.08. The van der Waals surface area contributed by atoms with Gasteiger partial charge in [0.05, 0.1) is 25.5 Å². The van der Waals surface area contributed by atoms with E-state index < -0.39 is 0 Å². The van der Waals surface area contributed by atoms with Crippen LogP contribution in [0.15, 0.2) is 53.9 Å². The minimum Gasteiger partial charge on any atom is -0.497 e. The minimum absolute atomic E-state index is 0.0117. The first-order valence-electron chi connectivity index (χ1n) is 8.67. The molecule has 2 aromatic carbocycles. The van der Waals surface area contributed by atoms with Gasteiger partial charge in [0.2, 0.25) is 5.91 Å². The van der Waals surface area contributed by atoms with Gasteiger partial charge >= 0.3 is 0 Å². The molecule has 0 bridgehead atoms. The summed E-state index contributed by atoms with van der Waals surface area (Å²) in [6, 6.07) is 15.5. The van der Waals surface area contributed by atoms with Gasteiger partial charge in [0.1, 0.15) is 16.5 Å². The molecule has 5 nitrogen and oxygen atoms in total. The van der Waals surface area contributed by atoms with Crippen LogP contribution < -0.4 is 14.8 Å². The van der Waals surface area contributed by atoms with Gasteiger partial charge in [-0.15, -0.1) is 11.3 Å². The van der Waals surface area contributed by atoms with Crippen LogP contribution in [0.3, 0.4) is 0 Å². The van der Waals surface area contributed by atoms with E-state index in [4.69, 9.17) is 9.47 Å². The van der Waals surface area contributed by atoms with E-state index in [9.17, 15) is 4.79 Å². The second-order valence-electron chi connectivity index (χ2n) is 5.97. The van der Waals surface area contributed by atoms with Crippen LogP contribution in [-0.2, 0) is 17.8 Å². The van der Waals surface area contributed by atoms with Crippen molar-refractivity contribution in [3.8, 4) is 22.1 Å². The zero-order chi connectivity index (χ0) is 19.1. The molecule has 1 heterocycles. The highest BCUT2D eigenvalue weighted by atomic mass is 32.1. The van der Waals surface area contributed by atoms with Gasteiger partial charge in [-0.1, -0.05) is 24.3 Å². The average molecular weight is 382 g/mol. The number of amides is 1. The van der Waals surface area contributed by atoms with E-state index in [2.05, 4.69) is 10.3 Å². The van der Waals surface area contributed by atoms with Crippen LogP contribution in [0, 0.1) is 0 Å². The molecule has 1 amide bonds. The molecule has 0 atom stereocenters. The van der Waals surface area contributed by atoms with E-state index >= 15 is 0 Å². The lowest BCUT2D eigenvalue weighted by Gasteiger charge is -2.06. The van der Waals surface area contributed by atoms with Crippen LogP contribution in [0.2, 0.25) is 0 Å². The molecular formula is C21H22N2O3S. The number of nitrogens with one attached hydrogen (secondary N) is 1. The van der Waals surface area contributed by atoms with E-state index in [0.29, 0.717) is 19.4 Å². The molecular weight excluding hydrogens is 360 g/mol. The summed E-state index contributed by atoms with van der Waals surface area (Å²) in [7, 11) is 3.29. The summed E-state index contributed by atoms with van der Waals surface area (Å²) in [5, 5.41) is 5.84. The van der Waals surface area contributed by atoms with Crippen molar-refractivity contribution in [3.05, 3.63) is 65.2 Å². The van der Waals surface area contributed by atoms with E-state index in [1.54, 1.807) is 25.6 Å². The first-order chi connectivity index (χ1) is 13.2. The highest BCUT2D eigenvalue weighted by Gasteiger charge is 2.11. The second-order valence-corrected chi connectivity index (χ2v) is 6.83. The number of hydrogen-bond donors (Lipinski definition) is 1. The van der Waals surface area contributed by atoms with Crippen LogP contribution in [0.25, 0.3) is 10.6 Å². The lowest BCUT2D eigenvalue weighted by molar-refractivity contribution is -0.121. The minimum atomic E-state index is 0.0117. The Morgan fingerprint density at radius 3 is 2.59 bits per heavy atom. The number of ether oxygens (including phenoxy) is 2. The summed E-state index contributed by atoms with van der Waals surface area (Å²) in [5.74, 6) is 1.62. The van der Waals surface area contributed by atoms with Crippen molar-refractivity contribution in [3.63, 3.8) is 0 Å². The maximum atomic E-state index is 12.1. The largest absolute Gasteiger partial charge is 0.497 e. The first-order valence-corrected chi connectivity index (χ1v) is 9.55. The molecule has 1 N–H and O–H groups in total. The number of para-hydroxylation sites is 1. The third kappa shape index (κ3) is 5.08. The zero-order valence-electron chi connectivity index (χ0n) is 15.4. The summed E-state index contributed by atoms with van der Waals surface area (Å²) in [6.45, 7) is 0.506. The molecule has 27 heavy (non-hydrogen) atoms. The quantitative estimate of drug-likeness (QED) is 0.638. The van der Waals surface area contributed by atoms with Crippen molar-refractivity contribution in [2.24, 2.45) is 0 Å². The van der Waals surface area contributed by atoms with Gasteiger partial charge in [0.25, 0.3) is 0 Å². The molecule has 3 rings (SSSR count). The molecule has 0 fully saturated rings. The van der Waals surface area contributed by atoms with Crippen LogP contribution in [0.1, 0.15) is 17.7 Å². The van der Waals surface area contributed by atoms with Gasteiger partial charge in [0, 0.05) is 18.3 Å². The van der Waals surface area contributed by atoms with E-state index in [-0.39, 0.29) is 5.91 Å². The number of aryl methyl sites for hydroxylation is 1. The van der Waals surface area contributed by atoms with Crippen LogP contribution in [-0.4, -0.2) is 25.1 Å². The number of nitrogens with zero attached hydrogens (tertiary/aromatic N) is 1. The van der Waals surface area contributed by atoms with Crippen LogP contribution >= 0.6 is 11.3 Å². The Morgan fingerprint density at radius 1 is 1.07 bits per heavy atom. The molecule has 0 aliphatic heterocycles. The Labute approximate surface area is 163 Å². The number of carbonyl (C=O) groups is 1. The van der Waals surface area contributed by atoms with Crippen molar-refractivity contribution in [2.75, 3.05) is 14.2 Å². The number of methoxy groups -OCH3 is 2. The first kappa shape index (κ1) is 18.9. The van der Waals surface area contributed by atoms with E-state index in [1.807, 2.05) is 53.9 Å². The maximum Gasteiger partial charge on any atom is 0.220 e. The smallest absolute Gasteiger partial charge is 0.220 e. The van der Waals surface area contributed by atoms with Gasteiger partial charge < -0.3 is 14.8 Å². The molecule has 0 aliphatic carbocycles. The van der Waals surface area contributed by atoms with Gasteiger partial charge in [-0.3, -0.25) is 4.79 Å². The van der Waals surface area contributed by atoms with Gasteiger partial charge in [0.15, 0.2) is 0 Å². The number of hydrogen-bond acceptors (Lipinski definition) is 5. The standard InChI is InChI=1S/C21H22N2O3S/c1-25-17-10-7-15(8-11-17)13-22-20(24)12-9-16-14-27-21(23-16)18-5-3-4-6-19(18)26-2/h3-8,10-11,14H,9,12-13H2,1-2H3,(H,22,24). The monoisotopic (exact) mass is 382 g/mol. The Kier molecular flexibility index (Phi) is 6.44. The van der Waals surface area contributed by atoms with Crippen molar-refractivity contribution < 1.29 is 14.3 Å². The number of benzene rings is 2. The molecule has 0 radical (unpaired) electrons.